The van der Waals surface area contributed by atoms with Crippen molar-refractivity contribution in [1.29, 1.82) is 0 Å². The largest absolute Gasteiger partial charge is 0.494 e. The van der Waals surface area contributed by atoms with Crippen molar-refractivity contribution in [2.24, 2.45) is 0 Å². The number of hydrogen-bond donors (Lipinski definition) is 1. The van der Waals surface area contributed by atoms with Gasteiger partial charge in [-0.3, -0.25) is 4.79 Å². The molecule has 25 heavy (non-hydrogen) atoms. The van der Waals surface area contributed by atoms with Gasteiger partial charge < -0.3 is 14.8 Å². The van der Waals surface area contributed by atoms with E-state index in [1.807, 2.05) is 6.92 Å². The standard InChI is InChI=1S/C17H14Cl3NO4/c1-2-24-11-5-3-10(4-6-11)17(23)25-9-16(22)21-15-8-13(19)12(18)7-14(15)20/h3-8H,2,9H2,1H3,(H,21,22). The van der Waals surface area contributed by atoms with Gasteiger partial charge in [-0.05, 0) is 43.3 Å². The monoisotopic (exact) mass is 401 g/mol. The zero-order chi connectivity index (χ0) is 18.4. The quantitative estimate of drug-likeness (QED) is 0.554. The van der Waals surface area contributed by atoms with Crippen LogP contribution in [0, 0.1) is 0 Å². The third-order valence-electron chi connectivity index (χ3n) is 3.02. The van der Waals surface area contributed by atoms with E-state index >= 15 is 0 Å². The van der Waals surface area contributed by atoms with Crippen LogP contribution in [0.25, 0.3) is 0 Å². The number of halogens is 3. The molecule has 0 fully saturated rings. The van der Waals surface area contributed by atoms with E-state index in [1.54, 1.807) is 24.3 Å². The number of anilines is 1. The molecule has 0 spiro atoms. The number of ether oxygens (including phenoxy) is 2. The Morgan fingerprint density at radius 2 is 1.64 bits per heavy atom. The topological polar surface area (TPSA) is 64.6 Å². The Balaban J connectivity index is 1.91. The highest BCUT2D eigenvalue weighted by Crippen LogP contribution is 2.32. The normalized spacial score (nSPS) is 10.2. The highest BCUT2D eigenvalue weighted by atomic mass is 35.5. The minimum atomic E-state index is -0.626. The van der Waals surface area contributed by atoms with E-state index in [0.717, 1.165) is 0 Å². The molecule has 1 amide bonds. The number of rotatable bonds is 6. The molecule has 2 rings (SSSR count). The predicted molar refractivity (Wildman–Crippen MR) is 98.0 cm³/mol. The van der Waals surface area contributed by atoms with Crippen molar-refractivity contribution in [3.8, 4) is 5.75 Å². The highest BCUT2D eigenvalue weighted by molar-refractivity contribution is 6.44. The molecule has 0 aliphatic heterocycles. The van der Waals surface area contributed by atoms with Crippen LogP contribution in [-0.4, -0.2) is 25.1 Å². The lowest BCUT2D eigenvalue weighted by molar-refractivity contribution is -0.119. The first-order valence-corrected chi connectivity index (χ1v) is 8.38. The minimum Gasteiger partial charge on any atom is -0.494 e. The maximum absolute atomic E-state index is 11.9. The fraction of sp³-hybridized carbons (Fsp3) is 0.176. The second-order valence-electron chi connectivity index (χ2n) is 4.83. The lowest BCUT2D eigenvalue weighted by Crippen LogP contribution is -2.21. The Hall–Kier alpha value is -1.95. The maximum atomic E-state index is 11.9. The van der Waals surface area contributed by atoms with Crippen LogP contribution in [0.4, 0.5) is 5.69 Å². The minimum absolute atomic E-state index is 0.223. The van der Waals surface area contributed by atoms with E-state index in [4.69, 9.17) is 44.3 Å². The molecule has 0 radical (unpaired) electrons. The summed E-state index contributed by atoms with van der Waals surface area (Å²) >= 11 is 17.7. The molecule has 0 aliphatic carbocycles. The molecule has 1 N–H and O–H groups in total. The van der Waals surface area contributed by atoms with Crippen LogP contribution in [0.2, 0.25) is 15.1 Å². The van der Waals surface area contributed by atoms with Gasteiger partial charge in [0.25, 0.3) is 5.91 Å². The zero-order valence-electron chi connectivity index (χ0n) is 13.1. The molecule has 0 aromatic heterocycles. The molecule has 5 nitrogen and oxygen atoms in total. The van der Waals surface area contributed by atoms with Crippen molar-refractivity contribution in [2.75, 3.05) is 18.5 Å². The summed E-state index contributed by atoms with van der Waals surface area (Å²) in [6.07, 6.45) is 0. The Bertz CT molecular complexity index is 778. The van der Waals surface area contributed by atoms with Crippen LogP contribution in [0.1, 0.15) is 17.3 Å². The molecule has 0 saturated heterocycles. The van der Waals surface area contributed by atoms with Crippen molar-refractivity contribution in [3.63, 3.8) is 0 Å². The van der Waals surface area contributed by atoms with Crippen LogP contribution < -0.4 is 10.1 Å². The highest BCUT2D eigenvalue weighted by Gasteiger charge is 2.13. The molecule has 0 atom stereocenters. The van der Waals surface area contributed by atoms with E-state index in [1.165, 1.54) is 12.1 Å². The number of carbonyl (C=O) groups is 2. The third-order valence-corrected chi connectivity index (χ3v) is 4.05. The van der Waals surface area contributed by atoms with Gasteiger partial charge in [-0.2, -0.15) is 0 Å². The second kappa shape index (κ2) is 8.94. The lowest BCUT2D eigenvalue weighted by Gasteiger charge is -2.09. The number of nitrogens with one attached hydrogen (secondary N) is 1. The van der Waals surface area contributed by atoms with Gasteiger partial charge in [-0.15, -0.1) is 0 Å². The predicted octanol–water partition coefficient (Wildman–Crippen LogP) is 4.84. The molecular weight excluding hydrogens is 389 g/mol. The first-order valence-electron chi connectivity index (χ1n) is 7.25. The summed E-state index contributed by atoms with van der Waals surface area (Å²) in [4.78, 5) is 23.8. The average molecular weight is 403 g/mol. The fourth-order valence-corrected chi connectivity index (χ4v) is 2.47. The molecule has 0 aliphatic rings. The van der Waals surface area contributed by atoms with Gasteiger partial charge >= 0.3 is 5.97 Å². The Kier molecular flexibility index (Phi) is 6.93. The second-order valence-corrected chi connectivity index (χ2v) is 6.05. The zero-order valence-corrected chi connectivity index (χ0v) is 15.4. The van der Waals surface area contributed by atoms with Gasteiger partial charge in [0, 0.05) is 0 Å². The average Bonchev–Trinajstić information content (AvgIpc) is 2.58. The number of hydrogen-bond acceptors (Lipinski definition) is 4. The molecular formula is C17H14Cl3NO4. The van der Waals surface area contributed by atoms with Crippen molar-refractivity contribution in [2.45, 2.75) is 6.92 Å². The summed E-state index contributed by atoms with van der Waals surface area (Å²) in [6, 6.07) is 9.23. The lowest BCUT2D eigenvalue weighted by atomic mass is 10.2. The summed E-state index contributed by atoms with van der Waals surface area (Å²) in [5.41, 5.74) is 0.585. The van der Waals surface area contributed by atoms with E-state index in [0.29, 0.717) is 17.9 Å². The van der Waals surface area contributed by atoms with E-state index < -0.39 is 18.5 Å². The van der Waals surface area contributed by atoms with Crippen molar-refractivity contribution >= 4 is 52.4 Å². The molecule has 132 valence electrons. The molecule has 0 heterocycles. The third kappa shape index (κ3) is 5.53. The number of amides is 1. The van der Waals surface area contributed by atoms with Crippen LogP contribution in [0.15, 0.2) is 36.4 Å². The maximum Gasteiger partial charge on any atom is 0.338 e. The van der Waals surface area contributed by atoms with E-state index in [-0.39, 0.29) is 20.8 Å². The summed E-state index contributed by atoms with van der Waals surface area (Å²) in [7, 11) is 0. The van der Waals surface area contributed by atoms with Gasteiger partial charge in [0.2, 0.25) is 0 Å². The molecule has 0 bridgehead atoms. The number of carbonyl (C=O) groups excluding carboxylic acids is 2. The fourth-order valence-electron chi connectivity index (χ4n) is 1.87. The molecule has 0 saturated carbocycles. The van der Waals surface area contributed by atoms with Gasteiger partial charge in [-0.1, -0.05) is 34.8 Å². The molecule has 2 aromatic rings. The molecule has 8 heteroatoms. The molecule has 0 unspecified atom stereocenters. The van der Waals surface area contributed by atoms with Crippen LogP contribution in [0.3, 0.4) is 0 Å². The molecule has 2 aromatic carbocycles. The van der Waals surface area contributed by atoms with Crippen molar-refractivity contribution in [3.05, 3.63) is 57.0 Å². The Morgan fingerprint density at radius 1 is 1.00 bits per heavy atom. The van der Waals surface area contributed by atoms with Crippen LogP contribution in [-0.2, 0) is 9.53 Å². The van der Waals surface area contributed by atoms with Crippen molar-refractivity contribution < 1.29 is 19.1 Å². The van der Waals surface area contributed by atoms with Gasteiger partial charge in [0.15, 0.2) is 6.61 Å². The first-order chi connectivity index (χ1) is 11.9. The summed E-state index contributed by atoms with van der Waals surface area (Å²) in [5, 5.41) is 3.24. The smallest absolute Gasteiger partial charge is 0.338 e. The van der Waals surface area contributed by atoms with E-state index in [9.17, 15) is 9.59 Å². The first kappa shape index (κ1) is 19.4. The summed E-state index contributed by atoms with van der Waals surface area (Å²) < 4.78 is 10.2. The van der Waals surface area contributed by atoms with Gasteiger partial charge in [-0.25, -0.2) is 4.79 Å². The van der Waals surface area contributed by atoms with Crippen molar-refractivity contribution in [1.82, 2.24) is 0 Å². The number of benzene rings is 2. The van der Waals surface area contributed by atoms with E-state index in [2.05, 4.69) is 5.32 Å². The van der Waals surface area contributed by atoms with Gasteiger partial charge in [0.05, 0.1) is 32.9 Å². The van der Waals surface area contributed by atoms with Gasteiger partial charge in [0.1, 0.15) is 5.75 Å². The van der Waals surface area contributed by atoms with Crippen LogP contribution >= 0.6 is 34.8 Å². The summed E-state index contributed by atoms with van der Waals surface area (Å²) in [6.45, 7) is 1.92. The Morgan fingerprint density at radius 3 is 2.28 bits per heavy atom. The summed E-state index contributed by atoms with van der Waals surface area (Å²) in [5.74, 6) is -0.538. The van der Waals surface area contributed by atoms with Crippen LogP contribution in [0.5, 0.6) is 5.75 Å². The number of esters is 1. The SMILES string of the molecule is CCOc1ccc(C(=O)OCC(=O)Nc2cc(Cl)c(Cl)cc2Cl)cc1. The Labute approximate surface area is 159 Å².